The van der Waals surface area contributed by atoms with E-state index < -0.39 is 12.1 Å². The van der Waals surface area contributed by atoms with E-state index in [1.54, 1.807) is 0 Å². The monoisotopic (exact) mass is 457 g/mol. The van der Waals surface area contributed by atoms with E-state index in [4.69, 9.17) is 27.2 Å². The molecule has 168 valence electrons. The number of hydrogen-bond donors (Lipinski definition) is 3. The number of carbonyl (C=O) groups excluding carboxylic acids is 1. The molecule has 4 N–H and O–H groups in total. The summed E-state index contributed by atoms with van der Waals surface area (Å²) in [7, 11) is 0. The summed E-state index contributed by atoms with van der Waals surface area (Å²) in [6.45, 7) is 2.29. The van der Waals surface area contributed by atoms with Crippen LogP contribution in [0.2, 0.25) is 5.02 Å². The van der Waals surface area contributed by atoms with Gasteiger partial charge in [0.15, 0.2) is 0 Å². The molecule has 0 radical (unpaired) electrons. The Bertz CT molecular complexity index is 922. The van der Waals surface area contributed by atoms with E-state index in [1.807, 2.05) is 30.3 Å². The third-order valence-corrected chi connectivity index (χ3v) is 4.85. The van der Waals surface area contributed by atoms with E-state index in [2.05, 4.69) is 22.3 Å². The molecule has 0 aliphatic carbocycles. The van der Waals surface area contributed by atoms with Crippen LogP contribution in [0.25, 0.3) is 0 Å². The number of hydrogen-bond acceptors (Lipinski definition) is 4. The highest BCUT2D eigenvalue weighted by atomic mass is 35.5. The molecule has 0 fully saturated rings. The lowest BCUT2D eigenvalue weighted by molar-refractivity contribution is -0.192. The average molecular weight is 458 g/mol. The molecule has 1 amide bonds. The Hall–Kier alpha value is -2.78. The lowest BCUT2D eigenvalue weighted by Crippen LogP contribution is -2.39. The number of anilines is 1. The molecule has 1 heterocycles. The second-order valence-electron chi connectivity index (χ2n) is 6.85. The predicted molar refractivity (Wildman–Crippen MR) is 112 cm³/mol. The molecule has 0 aromatic heterocycles. The van der Waals surface area contributed by atoms with Gasteiger partial charge in [-0.25, -0.2) is 4.79 Å². The summed E-state index contributed by atoms with van der Waals surface area (Å²) in [5.74, 6) is -2.74. The van der Waals surface area contributed by atoms with Gasteiger partial charge in [-0.2, -0.15) is 13.2 Å². The van der Waals surface area contributed by atoms with Crippen LogP contribution in [-0.2, 0) is 29.1 Å². The van der Waals surface area contributed by atoms with Crippen molar-refractivity contribution in [1.29, 1.82) is 0 Å². The number of carbonyl (C=O) groups is 2. The number of halogens is 4. The smallest absolute Gasteiger partial charge is 0.475 e. The third-order valence-electron chi connectivity index (χ3n) is 4.62. The molecule has 2 aromatic rings. The van der Waals surface area contributed by atoms with Gasteiger partial charge in [-0.15, -0.1) is 0 Å². The molecule has 0 saturated heterocycles. The van der Waals surface area contributed by atoms with Gasteiger partial charge in [0, 0.05) is 30.3 Å². The molecular weight excluding hydrogens is 435 g/mol. The van der Waals surface area contributed by atoms with E-state index in [0.29, 0.717) is 24.7 Å². The molecule has 10 heteroatoms. The SMILES string of the molecule is NCc1cccc2c1CCCN2CC(=O)NCc1cccc(Cl)c1.O=C(O)C(F)(F)F. The Labute approximate surface area is 182 Å². The first kappa shape index (κ1) is 24.5. The fourth-order valence-corrected chi connectivity index (χ4v) is 3.42. The van der Waals surface area contributed by atoms with Crippen LogP contribution in [0.4, 0.5) is 18.9 Å². The normalized spacial score (nSPS) is 13.0. The predicted octanol–water partition coefficient (Wildman–Crippen LogP) is 3.50. The van der Waals surface area contributed by atoms with Crippen molar-refractivity contribution in [3.63, 3.8) is 0 Å². The number of nitrogens with one attached hydrogen (secondary N) is 1. The van der Waals surface area contributed by atoms with E-state index in [9.17, 15) is 18.0 Å². The molecule has 0 bridgehead atoms. The number of carboxylic acids is 1. The standard InChI is InChI=1S/C19H22ClN3O.C2HF3O2/c20-16-6-1-4-14(10-16)12-22-19(24)13-23-9-3-7-17-15(11-21)5-2-8-18(17)23;3-2(4,5)1(6)7/h1-2,4-6,8,10H,3,7,9,11-13,21H2,(H,22,24);(H,6,7). The van der Waals surface area contributed by atoms with Gasteiger partial charge in [-0.05, 0) is 47.7 Å². The Kier molecular flexibility index (Phi) is 8.70. The van der Waals surface area contributed by atoms with E-state index >= 15 is 0 Å². The quantitative estimate of drug-likeness (QED) is 0.638. The minimum absolute atomic E-state index is 0.0148. The van der Waals surface area contributed by atoms with Gasteiger partial charge in [-0.3, -0.25) is 4.79 Å². The number of rotatable bonds is 5. The molecule has 1 aliphatic heterocycles. The maximum atomic E-state index is 12.3. The minimum Gasteiger partial charge on any atom is -0.475 e. The van der Waals surface area contributed by atoms with Crippen LogP contribution in [0, 0.1) is 0 Å². The van der Waals surface area contributed by atoms with Crippen molar-refractivity contribution in [3.8, 4) is 0 Å². The van der Waals surface area contributed by atoms with Crippen molar-refractivity contribution in [1.82, 2.24) is 5.32 Å². The summed E-state index contributed by atoms with van der Waals surface area (Å²) >= 11 is 5.97. The van der Waals surface area contributed by atoms with Crippen molar-refractivity contribution in [2.24, 2.45) is 5.73 Å². The van der Waals surface area contributed by atoms with Gasteiger partial charge in [-0.1, -0.05) is 35.9 Å². The summed E-state index contributed by atoms with van der Waals surface area (Å²) in [5, 5.41) is 10.8. The molecular formula is C21H23ClF3N3O3. The second kappa shape index (κ2) is 11.0. The fourth-order valence-electron chi connectivity index (χ4n) is 3.21. The third kappa shape index (κ3) is 7.45. The van der Waals surface area contributed by atoms with Crippen LogP contribution < -0.4 is 16.0 Å². The number of aliphatic carboxylic acids is 1. The highest BCUT2D eigenvalue weighted by molar-refractivity contribution is 6.30. The lowest BCUT2D eigenvalue weighted by atomic mass is 9.96. The number of amides is 1. The number of alkyl halides is 3. The topological polar surface area (TPSA) is 95.7 Å². The number of fused-ring (bicyclic) bond motifs is 1. The first-order valence-electron chi connectivity index (χ1n) is 9.49. The zero-order valence-electron chi connectivity index (χ0n) is 16.6. The van der Waals surface area contributed by atoms with Gasteiger partial charge in [0.25, 0.3) is 0 Å². The molecule has 0 saturated carbocycles. The van der Waals surface area contributed by atoms with E-state index in [1.165, 1.54) is 11.1 Å². The van der Waals surface area contributed by atoms with Crippen molar-refractivity contribution in [2.75, 3.05) is 18.0 Å². The van der Waals surface area contributed by atoms with Crippen molar-refractivity contribution < 1.29 is 27.9 Å². The second-order valence-corrected chi connectivity index (χ2v) is 7.29. The van der Waals surface area contributed by atoms with Crippen LogP contribution in [0.1, 0.15) is 23.1 Å². The Morgan fingerprint density at radius 1 is 1.19 bits per heavy atom. The zero-order chi connectivity index (χ0) is 23.0. The van der Waals surface area contributed by atoms with Crippen LogP contribution in [0.3, 0.4) is 0 Å². The summed E-state index contributed by atoms with van der Waals surface area (Å²) in [6.07, 6.45) is -3.01. The Morgan fingerprint density at radius 2 is 1.87 bits per heavy atom. The summed E-state index contributed by atoms with van der Waals surface area (Å²) in [5.41, 5.74) is 10.4. The Morgan fingerprint density at radius 3 is 2.48 bits per heavy atom. The van der Waals surface area contributed by atoms with Crippen LogP contribution >= 0.6 is 11.6 Å². The van der Waals surface area contributed by atoms with Gasteiger partial charge in [0.05, 0.1) is 6.54 Å². The van der Waals surface area contributed by atoms with Crippen LogP contribution in [0.5, 0.6) is 0 Å². The molecule has 1 aliphatic rings. The maximum absolute atomic E-state index is 12.3. The highest BCUT2D eigenvalue weighted by Crippen LogP contribution is 2.29. The zero-order valence-corrected chi connectivity index (χ0v) is 17.3. The van der Waals surface area contributed by atoms with Crippen molar-refractivity contribution >= 4 is 29.2 Å². The maximum Gasteiger partial charge on any atom is 0.490 e. The number of carboxylic acid groups (broad SMARTS) is 1. The lowest BCUT2D eigenvalue weighted by Gasteiger charge is -2.32. The number of nitrogens with zero attached hydrogens (tertiary/aromatic N) is 1. The molecule has 0 spiro atoms. The summed E-state index contributed by atoms with van der Waals surface area (Å²) in [6, 6.07) is 13.7. The fraction of sp³-hybridized carbons (Fsp3) is 0.333. The molecule has 3 rings (SSSR count). The van der Waals surface area contributed by atoms with Crippen LogP contribution in [0.15, 0.2) is 42.5 Å². The average Bonchev–Trinajstić information content (AvgIpc) is 2.72. The van der Waals surface area contributed by atoms with Crippen molar-refractivity contribution in [3.05, 3.63) is 64.2 Å². The first-order valence-corrected chi connectivity index (χ1v) is 9.86. The van der Waals surface area contributed by atoms with Gasteiger partial charge in [0.1, 0.15) is 0 Å². The molecule has 31 heavy (non-hydrogen) atoms. The molecule has 0 unspecified atom stereocenters. The minimum atomic E-state index is -5.08. The van der Waals surface area contributed by atoms with Crippen LogP contribution in [-0.4, -0.2) is 36.2 Å². The van der Waals surface area contributed by atoms with Crippen molar-refractivity contribution in [2.45, 2.75) is 32.1 Å². The van der Waals surface area contributed by atoms with E-state index in [0.717, 1.165) is 30.6 Å². The summed E-state index contributed by atoms with van der Waals surface area (Å²) < 4.78 is 31.7. The number of nitrogens with two attached hydrogens (primary N) is 1. The van der Waals surface area contributed by atoms with Gasteiger partial charge in [0.2, 0.25) is 5.91 Å². The van der Waals surface area contributed by atoms with Gasteiger partial charge < -0.3 is 21.1 Å². The number of benzene rings is 2. The Balaban J connectivity index is 0.000000423. The van der Waals surface area contributed by atoms with Gasteiger partial charge >= 0.3 is 12.1 Å². The summed E-state index contributed by atoms with van der Waals surface area (Å²) in [4.78, 5) is 23.4. The first-order chi connectivity index (χ1) is 14.6. The molecule has 6 nitrogen and oxygen atoms in total. The highest BCUT2D eigenvalue weighted by Gasteiger charge is 2.38. The molecule has 0 atom stereocenters. The molecule has 2 aromatic carbocycles. The van der Waals surface area contributed by atoms with E-state index in [-0.39, 0.29) is 5.91 Å². The largest absolute Gasteiger partial charge is 0.490 e.